The van der Waals surface area contributed by atoms with Crippen molar-refractivity contribution in [2.24, 2.45) is 0 Å². The highest BCUT2D eigenvalue weighted by molar-refractivity contribution is 7.17. The zero-order valence-corrected chi connectivity index (χ0v) is 13.7. The fraction of sp³-hybridized carbons (Fsp3) is 0.353. The van der Waals surface area contributed by atoms with Gasteiger partial charge in [-0.25, -0.2) is 9.78 Å². The highest BCUT2D eigenvalue weighted by Gasteiger charge is 2.43. The third-order valence-corrected chi connectivity index (χ3v) is 5.45. The van der Waals surface area contributed by atoms with Gasteiger partial charge in [0.25, 0.3) is 5.91 Å². The lowest BCUT2D eigenvalue weighted by Crippen LogP contribution is -2.52. The van der Waals surface area contributed by atoms with Gasteiger partial charge in [0.05, 0.1) is 5.69 Å². The first-order valence-electron chi connectivity index (χ1n) is 7.61. The molecule has 2 aromatic rings. The highest BCUT2D eigenvalue weighted by Crippen LogP contribution is 2.32. The number of hydrogen-bond acceptors (Lipinski definition) is 4. The van der Waals surface area contributed by atoms with Crippen LogP contribution in [0.5, 0.6) is 0 Å². The van der Waals surface area contributed by atoms with Crippen LogP contribution in [0.1, 0.15) is 41.0 Å². The molecule has 0 bridgehead atoms. The molecule has 0 atom stereocenters. The maximum absolute atomic E-state index is 12.6. The molecule has 1 aromatic carbocycles. The Morgan fingerprint density at radius 1 is 1.22 bits per heavy atom. The van der Waals surface area contributed by atoms with E-state index in [-0.39, 0.29) is 5.91 Å². The normalized spacial score (nSPS) is 16.2. The molecule has 2 N–H and O–H groups in total. The number of rotatable bonds is 4. The van der Waals surface area contributed by atoms with Crippen molar-refractivity contribution in [1.29, 1.82) is 0 Å². The monoisotopic (exact) mass is 330 g/mol. The maximum atomic E-state index is 12.6. The minimum atomic E-state index is -1.12. The van der Waals surface area contributed by atoms with Crippen molar-refractivity contribution >= 4 is 23.2 Å². The average molecular weight is 330 g/mol. The molecule has 1 heterocycles. The lowest BCUT2D eigenvalue weighted by molar-refractivity contribution is -0.144. The number of aliphatic carboxylic acids is 1. The number of benzene rings is 1. The number of hydrogen-bond donors (Lipinski definition) is 2. The summed E-state index contributed by atoms with van der Waals surface area (Å²) in [6.45, 7) is 1.78. The molecule has 0 saturated heterocycles. The molecule has 1 aliphatic rings. The Morgan fingerprint density at radius 3 is 2.48 bits per heavy atom. The predicted octanol–water partition coefficient (Wildman–Crippen LogP) is 3.25. The second-order valence-corrected chi connectivity index (χ2v) is 6.85. The Labute approximate surface area is 138 Å². The summed E-state index contributed by atoms with van der Waals surface area (Å²) >= 11 is 1.30. The van der Waals surface area contributed by atoms with Gasteiger partial charge in [-0.1, -0.05) is 43.2 Å². The fourth-order valence-corrected chi connectivity index (χ4v) is 3.92. The Balaban J connectivity index is 1.86. The summed E-state index contributed by atoms with van der Waals surface area (Å²) in [4.78, 5) is 29.1. The van der Waals surface area contributed by atoms with Crippen molar-refractivity contribution in [1.82, 2.24) is 10.3 Å². The summed E-state index contributed by atoms with van der Waals surface area (Å²) in [6, 6.07) is 9.65. The largest absolute Gasteiger partial charge is 0.480 e. The van der Waals surface area contributed by atoms with Crippen LogP contribution in [-0.2, 0) is 4.79 Å². The van der Waals surface area contributed by atoms with Gasteiger partial charge < -0.3 is 10.4 Å². The third-order valence-electron chi connectivity index (χ3n) is 4.24. The van der Waals surface area contributed by atoms with E-state index in [1.807, 2.05) is 30.3 Å². The summed E-state index contributed by atoms with van der Waals surface area (Å²) in [5, 5.41) is 13.0. The van der Waals surface area contributed by atoms with Crippen LogP contribution in [0.4, 0.5) is 0 Å². The summed E-state index contributed by atoms with van der Waals surface area (Å²) < 4.78 is 0. The molecule has 6 heteroatoms. The summed E-state index contributed by atoms with van der Waals surface area (Å²) in [6.07, 6.45) is 2.61. The quantitative estimate of drug-likeness (QED) is 0.902. The zero-order chi connectivity index (χ0) is 16.4. The number of thiazole rings is 1. The Morgan fingerprint density at radius 2 is 1.87 bits per heavy atom. The van der Waals surface area contributed by atoms with Crippen LogP contribution in [0.3, 0.4) is 0 Å². The topological polar surface area (TPSA) is 79.3 Å². The standard InChI is InChI=1S/C17H18N2O3S/c1-11-13(23-15(18-11)12-7-3-2-4-8-12)14(20)19-17(16(21)22)9-5-6-10-17/h2-4,7-8H,5-6,9-10H2,1H3,(H,19,20)(H,21,22). The van der Waals surface area contributed by atoms with E-state index < -0.39 is 11.5 Å². The Bertz CT molecular complexity index is 734. The molecule has 1 fully saturated rings. The van der Waals surface area contributed by atoms with Gasteiger partial charge in [0.15, 0.2) is 0 Å². The van der Waals surface area contributed by atoms with Gasteiger partial charge in [-0.3, -0.25) is 4.79 Å². The first kappa shape index (κ1) is 15.7. The van der Waals surface area contributed by atoms with Crippen molar-refractivity contribution in [3.05, 3.63) is 40.9 Å². The second kappa shape index (κ2) is 6.12. The highest BCUT2D eigenvalue weighted by atomic mass is 32.1. The zero-order valence-electron chi connectivity index (χ0n) is 12.8. The van der Waals surface area contributed by atoms with Gasteiger partial charge in [0.1, 0.15) is 15.4 Å². The van der Waals surface area contributed by atoms with Crippen molar-refractivity contribution < 1.29 is 14.7 Å². The van der Waals surface area contributed by atoms with Crippen molar-refractivity contribution in [3.8, 4) is 10.6 Å². The maximum Gasteiger partial charge on any atom is 0.329 e. The molecule has 0 spiro atoms. The molecule has 120 valence electrons. The molecule has 0 radical (unpaired) electrons. The van der Waals surface area contributed by atoms with Gasteiger partial charge in [0.2, 0.25) is 0 Å². The van der Waals surface area contributed by atoms with Gasteiger partial charge in [-0.2, -0.15) is 0 Å². The molecular formula is C17H18N2O3S. The van der Waals surface area contributed by atoms with Crippen molar-refractivity contribution in [3.63, 3.8) is 0 Å². The number of amides is 1. The first-order valence-corrected chi connectivity index (χ1v) is 8.42. The number of carbonyl (C=O) groups excluding carboxylic acids is 1. The second-order valence-electron chi connectivity index (χ2n) is 5.85. The first-order chi connectivity index (χ1) is 11.0. The number of aromatic nitrogens is 1. The van der Waals surface area contributed by atoms with Gasteiger partial charge in [-0.05, 0) is 19.8 Å². The molecular weight excluding hydrogens is 312 g/mol. The van der Waals surface area contributed by atoms with E-state index in [0.717, 1.165) is 23.4 Å². The molecule has 1 saturated carbocycles. The lowest BCUT2D eigenvalue weighted by atomic mass is 9.98. The van der Waals surface area contributed by atoms with E-state index in [2.05, 4.69) is 10.3 Å². The van der Waals surface area contributed by atoms with E-state index in [9.17, 15) is 14.7 Å². The third kappa shape index (κ3) is 2.99. The summed E-state index contributed by atoms with van der Waals surface area (Å²) in [5.41, 5.74) is 0.457. The molecule has 1 aliphatic carbocycles. The molecule has 5 nitrogen and oxygen atoms in total. The van der Waals surface area contributed by atoms with Gasteiger partial charge >= 0.3 is 5.97 Å². The van der Waals surface area contributed by atoms with Crippen LogP contribution in [0.25, 0.3) is 10.6 Å². The molecule has 3 rings (SSSR count). The van der Waals surface area contributed by atoms with Gasteiger partial charge in [0, 0.05) is 5.56 Å². The van der Waals surface area contributed by atoms with E-state index in [1.165, 1.54) is 11.3 Å². The van der Waals surface area contributed by atoms with Crippen LogP contribution >= 0.6 is 11.3 Å². The number of nitrogens with zero attached hydrogens (tertiary/aromatic N) is 1. The molecule has 0 unspecified atom stereocenters. The predicted molar refractivity (Wildman–Crippen MR) is 88.6 cm³/mol. The minimum absolute atomic E-state index is 0.341. The van der Waals surface area contributed by atoms with E-state index in [1.54, 1.807) is 6.92 Å². The number of carbonyl (C=O) groups is 2. The Kier molecular flexibility index (Phi) is 4.17. The fourth-order valence-electron chi connectivity index (χ4n) is 2.96. The average Bonchev–Trinajstić information content (AvgIpc) is 3.16. The van der Waals surface area contributed by atoms with Crippen molar-refractivity contribution in [2.45, 2.75) is 38.1 Å². The van der Waals surface area contributed by atoms with Crippen LogP contribution in [-0.4, -0.2) is 27.5 Å². The van der Waals surface area contributed by atoms with Gasteiger partial charge in [-0.15, -0.1) is 11.3 Å². The van der Waals surface area contributed by atoms with Crippen LogP contribution in [0, 0.1) is 6.92 Å². The molecule has 0 aliphatic heterocycles. The van der Waals surface area contributed by atoms with Crippen LogP contribution < -0.4 is 5.32 Å². The molecule has 1 amide bonds. The molecule has 1 aromatic heterocycles. The summed E-state index contributed by atoms with van der Waals surface area (Å²) in [5.74, 6) is -1.29. The van der Waals surface area contributed by atoms with Crippen molar-refractivity contribution in [2.75, 3.05) is 0 Å². The number of carboxylic acids is 1. The number of nitrogens with one attached hydrogen (secondary N) is 1. The van der Waals surface area contributed by atoms with E-state index >= 15 is 0 Å². The lowest BCUT2D eigenvalue weighted by Gasteiger charge is -2.24. The Hall–Kier alpha value is -2.21. The van der Waals surface area contributed by atoms with Crippen LogP contribution in [0.2, 0.25) is 0 Å². The smallest absolute Gasteiger partial charge is 0.329 e. The van der Waals surface area contributed by atoms with E-state index in [0.29, 0.717) is 23.4 Å². The molecule has 23 heavy (non-hydrogen) atoms. The number of carboxylic acid groups (broad SMARTS) is 1. The minimum Gasteiger partial charge on any atom is -0.480 e. The van der Waals surface area contributed by atoms with Crippen LogP contribution in [0.15, 0.2) is 30.3 Å². The summed E-state index contributed by atoms with van der Waals surface area (Å²) in [7, 11) is 0. The SMILES string of the molecule is Cc1nc(-c2ccccc2)sc1C(=O)NC1(C(=O)O)CCCC1. The van der Waals surface area contributed by atoms with E-state index in [4.69, 9.17) is 0 Å². The number of aryl methyl sites for hydroxylation is 1.